The topological polar surface area (TPSA) is 38.0 Å². The summed E-state index contributed by atoms with van der Waals surface area (Å²) < 4.78 is 0. The minimum Gasteiger partial charge on any atom is -0.271 e. The minimum absolute atomic E-state index is 0.221. The molecule has 0 spiro atoms. The molecule has 0 radical (unpaired) electrons. The van der Waals surface area contributed by atoms with Crippen LogP contribution in [0, 0.1) is 6.92 Å². The molecule has 0 saturated carbocycles. The van der Waals surface area contributed by atoms with Gasteiger partial charge in [-0.1, -0.05) is 39.0 Å². The molecule has 0 saturated heterocycles. The number of hydrogen-bond acceptors (Lipinski definition) is 2. The Morgan fingerprint density at radius 1 is 1.27 bits per heavy atom. The van der Waals surface area contributed by atoms with Gasteiger partial charge in [-0.3, -0.25) is 11.3 Å². The average molecular weight is 206 g/mol. The summed E-state index contributed by atoms with van der Waals surface area (Å²) in [5.41, 5.74) is 7.05. The third-order valence-corrected chi connectivity index (χ3v) is 2.75. The first kappa shape index (κ1) is 12.2. The number of benzene rings is 1. The Balaban J connectivity index is 2.95. The summed E-state index contributed by atoms with van der Waals surface area (Å²) in [6.45, 7) is 9.70. The number of rotatable bonds is 3. The Hall–Kier alpha value is -0.860. The fourth-order valence-electron chi connectivity index (χ4n) is 1.61. The number of nitrogens with two attached hydrogens (primary N) is 1. The molecular weight excluding hydrogens is 184 g/mol. The zero-order valence-corrected chi connectivity index (χ0v) is 10.2. The van der Waals surface area contributed by atoms with Crippen LogP contribution in [0.1, 0.15) is 37.5 Å². The van der Waals surface area contributed by atoms with Crippen LogP contribution in [0.5, 0.6) is 0 Å². The van der Waals surface area contributed by atoms with E-state index in [2.05, 4.69) is 51.3 Å². The molecule has 0 amide bonds. The van der Waals surface area contributed by atoms with E-state index in [-0.39, 0.29) is 5.41 Å². The first-order chi connectivity index (χ1) is 6.95. The maximum atomic E-state index is 5.30. The molecule has 2 nitrogen and oxygen atoms in total. The van der Waals surface area contributed by atoms with Gasteiger partial charge < -0.3 is 0 Å². The van der Waals surface area contributed by atoms with E-state index < -0.39 is 0 Å². The summed E-state index contributed by atoms with van der Waals surface area (Å²) in [4.78, 5) is 0. The highest BCUT2D eigenvalue weighted by Crippen LogP contribution is 2.24. The van der Waals surface area contributed by atoms with Crippen molar-refractivity contribution in [2.24, 2.45) is 5.84 Å². The molecule has 3 N–H and O–H groups in total. The highest BCUT2D eigenvalue weighted by molar-refractivity contribution is 5.34. The fraction of sp³-hybridized carbons (Fsp3) is 0.538. The van der Waals surface area contributed by atoms with Crippen LogP contribution in [0.4, 0.5) is 0 Å². The van der Waals surface area contributed by atoms with Crippen molar-refractivity contribution in [3.05, 3.63) is 34.9 Å². The predicted octanol–water partition coefficient (Wildman–Crippen LogP) is 2.30. The number of hydrogen-bond donors (Lipinski definition) is 2. The van der Waals surface area contributed by atoms with E-state index in [1.165, 1.54) is 16.7 Å². The maximum absolute atomic E-state index is 5.30. The third-order valence-electron chi connectivity index (χ3n) is 2.75. The molecule has 0 aromatic heterocycles. The normalized spacial score (nSPS) is 11.8. The Morgan fingerprint density at radius 3 is 2.47 bits per heavy atom. The summed E-state index contributed by atoms with van der Waals surface area (Å²) in [6, 6.07) is 6.72. The van der Waals surface area contributed by atoms with Crippen LogP contribution in [0.2, 0.25) is 0 Å². The molecule has 15 heavy (non-hydrogen) atoms. The van der Waals surface area contributed by atoms with Gasteiger partial charge in [0.2, 0.25) is 0 Å². The number of aryl methyl sites for hydroxylation is 1. The van der Waals surface area contributed by atoms with Crippen LogP contribution in [-0.2, 0) is 11.8 Å². The lowest BCUT2D eigenvalue weighted by Gasteiger charge is -2.20. The van der Waals surface area contributed by atoms with Gasteiger partial charge in [-0.2, -0.15) is 0 Å². The van der Waals surface area contributed by atoms with Gasteiger partial charge in [0.05, 0.1) is 0 Å². The number of nitrogens with one attached hydrogen (secondary N) is 1. The predicted molar refractivity (Wildman–Crippen MR) is 65.8 cm³/mol. The standard InChI is InChI=1S/C13H22N2/c1-10-5-6-12(13(2,3)4)9-11(10)7-8-15-14/h5-6,9,15H,7-8,14H2,1-4H3. The molecule has 1 aromatic rings. The second kappa shape index (κ2) is 4.77. The van der Waals surface area contributed by atoms with Gasteiger partial charge in [-0.25, -0.2) is 0 Å². The van der Waals surface area contributed by atoms with Crippen LogP contribution in [0.25, 0.3) is 0 Å². The van der Waals surface area contributed by atoms with Crippen molar-refractivity contribution in [1.82, 2.24) is 5.43 Å². The van der Waals surface area contributed by atoms with E-state index in [0.29, 0.717) is 0 Å². The van der Waals surface area contributed by atoms with E-state index in [9.17, 15) is 0 Å². The Labute approximate surface area is 92.8 Å². The van der Waals surface area contributed by atoms with Crippen molar-refractivity contribution in [2.45, 2.75) is 39.5 Å². The lowest BCUT2D eigenvalue weighted by molar-refractivity contribution is 0.588. The monoisotopic (exact) mass is 206 g/mol. The molecular formula is C13H22N2. The first-order valence-corrected chi connectivity index (χ1v) is 5.48. The smallest absolute Gasteiger partial charge is 0.0138 e. The van der Waals surface area contributed by atoms with Crippen molar-refractivity contribution in [1.29, 1.82) is 0 Å². The molecule has 0 bridgehead atoms. The molecule has 0 atom stereocenters. The van der Waals surface area contributed by atoms with E-state index in [0.717, 1.165) is 13.0 Å². The van der Waals surface area contributed by atoms with E-state index in [4.69, 9.17) is 5.84 Å². The SMILES string of the molecule is Cc1ccc(C(C)(C)C)cc1CCNN. The molecule has 0 aliphatic heterocycles. The lowest BCUT2D eigenvalue weighted by Crippen LogP contribution is -2.24. The van der Waals surface area contributed by atoms with Crippen LogP contribution < -0.4 is 11.3 Å². The molecule has 1 aromatic carbocycles. The zero-order valence-electron chi connectivity index (χ0n) is 10.2. The molecule has 1 rings (SSSR count). The summed E-state index contributed by atoms with van der Waals surface area (Å²) in [5, 5.41) is 0. The molecule has 2 heteroatoms. The van der Waals surface area contributed by atoms with Gasteiger partial charge in [0, 0.05) is 6.54 Å². The van der Waals surface area contributed by atoms with Crippen molar-refractivity contribution >= 4 is 0 Å². The Bertz CT molecular complexity index is 324. The van der Waals surface area contributed by atoms with Gasteiger partial charge in [-0.15, -0.1) is 0 Å². The van der Waals surface area contributed by atoms with Gasteiger partial charge in [-0.05, 0) is 35.4 Å². The Kier molecular flexibility index (Phi) is 3.89. The largest absolute Gasteiger partial charge is 0.271 e. The molecule has 0 unspecified atom stereocenters. The van der Waals surface area contributed by atoms with E-state index >= 15 is 0 Å². The van der Waals surface area contributed by atoms with Gasteiger partial charge in [0.1, 0.15) is 0 Å². The summed E-state index contributed by atoms with van der Waals surface area (Å²) >= 11 is 0. The van der Waals surface area contributed by atoms with Crippen molar-refractivity contribution in [2.75, 3.05) is 6.54 Å². The molecule has 0 heterocycles. The van der Waals surface area contributed by atoms with Gasteiger partial charge in [0.25, 0.3) is 0 Å². The van der Waals surface area contributed by atoms with Crippen LogP contribution in [0.3, 0.4) is 0 Å². The van der Waals surface area contributed by atoms with Crippen molar-refractivity contribution in [3.8, 4) is 0 Å². The van der Waals surface area contributed by atoms with Crippen molar-refractivity contribution in [3.63, 3.8) is 0 Å². The molecule has 0 fully saturated rings. The first-order valence-electron chi connectivity index (χ1n) is 5.48. The molecule has 0 aliphatic rings. The van der Waals surface area contributed by atoms with Crippen LogP contribution in [0.15, 0.2) is 18.2 Å². The van der Waals surface area contributed by atoms with Crippen LogP contribution >= 0.6 is 0 Å². The lowest BCUT2D eigenvalue weighted by atomic mass is 9.85. The average Bonchev–Trinajstić information content (AvgIpc) is 2.15. The highest BCUT2D eigenvalue weighted by atomic mass is 15.2. The molecule has 84 valence electrons. The second-order valence-electron chi connectivity index (χ2n) is 5.10. The van der Waals surface area contributed by atoms with Gasteiger partial charge >= 0.3 is 0 Å². The van der Waals surface area contributed by atoms with Gasteiger partial charge in [0.15, 0.2) is 0 Å². The van der Waals surface area contributed by atoms with Crippen LogP contribution in [-0.4, -0.2) is 6.54 Å². The highest BCUT2D eigenvalue weighted by Gasteiger charge is 2.14. The third kappa shape index (κ3) is 3.33. The van der Waals surface area contributed by atoms with E-state index in [1.807, 2.05) is 0 Å². The van der Waals surface area contributed by atoms with E-state index in [1.54, 1.807) is 0 Å². The summed E-state index contributed by atoms with van der Waals surface area (Å²) in [7, 11) is 0. The molecule has 0 aliphatic carbocycles. The quantitative estimate of drug-likeness (QED) is 0.588. The maximum Gasteiger partial charge on any atom is 0.0138 e. The zero-order chi connectivity index (χ0) is 11.5. The summed E-state index contributed by atoms with van der Waals surface area (Å²) in [5.74, 6) is 5.30. The Morgan fingerprint density at radius 2 is 1.93 bits per heavy atom. The second-order valence-corrected chi connectivity index (χ2v) is 5.10. The summed E-state index contributed by atoms with van der Waals surface area (Å²) in [6.07, 6.45) is 0.992. The fourth-order valence-corrected chi connectivity index (χ4v) is 1.61. The minimum atomic E-state index is 0.221. The number of hydrazine groups is 1. The van der Waals surface area contributed by atoms with Crippen molar-refractivity contribution < 1.29 is 0 Å².